The van der Waals surface area contributed by atoms with Crippen LogP contribution in [0.25, 0.3) is 0 Å². The molecule has 1 saturated heterocycles. The number of hydrogen-bond acceptors (Lipinski definition) is 3. The molecule has 17 heavy (non-hydrogen) atoms. The number of nitrogens with zero attached hydrogens (tertiary/aromatic N) is 2. The molecule has 2 atom stereocenters. The van der Waals surface area contributed by atoms with Crippen LogP contribution < -0.4 is 4.90 Å². The second kappa shape index (κ2) is 5.07. The molecule has 1 heterocycles. The van der Waals surface area contributed by atoms with E-state index in [-0.39, 0.29) is 6.10 Å². The lowest BCUT2D eigenvalue weighted by molar-refractivity contribution is 0.136. The summed E-state index contributed by atoms with van der Waals surface area (Å²) in [5, 5.41) is 18.8. The van der Waals surface area contributed by atoms with Crippen molar-refractivity contribution in [1.82, 2.24) is 0 Å². The van der Waals surface area contributed by atoms with Crippen LogP contribution in [-0.2, 0) is 0 Å². The topological polar surface area (TPSA) is 47.3 Å². The van der Waals surface area contributed by atoms with Crippen molar-refractivity contribution in [2.24, 2.45) is 5.92 Å². The van der Waals surface area contributed by atoms with Gasteiger partial charge >= 0.3 is 0 Å². The fourth-order valence-corrected chi connectivity index (χ4v) is 2.73. The van der Waals surface area contributed by atoms with Crippen molar-refractivity contribution in [3.05, 3.63) is 28.2 Å². The molecule has 1 aliphatic rings. The van der Waals surface area contributed by atoms with E-state index >= 15 is 0 Å². The molecule has 1 aliphatic heterocycles. The number of aliphatic hydroxyl groups is 1. The molecule has 0 spiro atoms. The quantitative estimate of drug-likeness (QED) is 0.912. The normalized spacial score (nSPS) is 21.3. The number of halogens is 1. The highest BCUT2D eigenvalue weighted by atomic mass is 79.9. The van der Waals surface area contributed by atoms with Crippen molar-refractivity contribution in [2.75, 3.05) is 18.0 Å². The van der Waals surface area contributed by atoms with E-state index in [1.165, 1.54) is 0 Å². The summed E-state index contributed by atoms with van der Waals surface area (Å²) in [4.78, 5) is 2.18. The van der Waals surface area contributed by atoms with Gasteiger partial charge in [0.15, 0.2) is 0 Å². The van der Waals surface area contributed by atoms with Gasteiger partial charge in [-0.15, -0.1) is 0 Å². The molecule has 0 aromatic heterocycles. The van der Waals surface area contributed by atoms with Gasteiger partial charge in [-0.3, -0.25) is 0 Å². The SMILES string of the molecule is CC(O)C1CCN(c2cccc(Br)c2C#N)C1. The van der Waals surface area contributed by atoms with E-state index < -0.39 is 0 Å². The zero-order valence-electron chi connectivity index (χ0n) is 9.73. The molecule has 0 saturated carbocycles. The molecule has 2 rings (SSSR count). The van der Waals surface area contributed by atoms with Crippen LogP contribution >= 0.6 is 15.9 Å². The number of nitriles is 1. The van der Waals surface area contributed by atoms with E-state index in [2.05, 4.69) is 26.9 Å². The summed E-state index contributed by atoms with van der Waals surface area (Å²) in [7, 11) is 0. The molecule has 1 N–H and O–H groups in total. The number of hydrogen-bond donors (Lipinski definition) is 1. The molecule has 1 aromatic carbocycles. The largest absolute Gasteiger partial charge is 0.393 e. The van der Waals surface area contributed by atoms with Crippen molar-refractivity contribution in [1.29, 1.82) is 5.26 Å². The number of rotatable bonds is 2. The van der Waals surface area contributed by atoms with Crippen LogP contribution in [0.15, 0.2) is 22.7 Å². The Balaban J connectivity index is 2.25. The Morgan fingerprint density at radius 2 is 2.35 bits per heavy atom. The van der Waals surface area contributed by atoms with E-state index in [4.69, 9.17) is 0 Å². The van der Waals surface area contributed by atoms with E-state index in [0.29, 0.717) is 11.5 Å². The Kier molecular flexibility index (Phi) is 3.70. The number of anilines is 1. The molecule has 1 fully saturated rings. The first-order valence-corrected chi connectivity index (χ1v) is 6.54. The standard InChI is InChI=1S/C13H15BrN2O/c1-9(17)10-5-6-16(8-10)13-4-2-3-12(14)11(13)7-15/h2-4,9-10,17H,5-6,8H2,1H3. The van der Waals surface area contributed by atoms with Crippen molar-refractivity contribution < 1.29 is 5.11 Å². The molecule has 0 amide bonds. The van der Waals surface area contributed by atoms with Crippen molar-refractivity contribution in [2.45, 2.75) is 19.4 Å². The highest BCUT2D eigenvalue weighted by molar-refractivity contribution is 9.10. The minimum Gasteiger partial charge on any atom is -0.393 e. The lowest BCUT2D eigenvalue weighted by atomic mass is 10.0. The van der Waals surface area contributed by atoms with E-state index in [1.807, 2.05) is 25.1 Å². The molecule has 3 nitrogen and oxygen atoms in total. The Morgan fingerprint density at radius 1 is 1.59 bits per heavy atom. The summed E-state index contributed by atoms with van der Waals surface area (Å²) in [5.74, 6) is 0.306. The van der Waals surface area contributed by atoms with Gasteiger partial charge in [-0.1, -0.05) is 6.07 Å². The third kappa shape index (κ3) is 2.46. The average molecular weight is 295 g/mol. The molecular formula is C13H15BrN2O. The Labute approximate surface area is 110 Å². The smallest absolute Gasteiger partial charge is 0.103 e. The van der Waals surface area contributed by atoms with Crippen molar-refractivity contribution >= 4 is 21.6 Å². The van der Waals surface area contributed by atoms with E-state index in [0.717, 1.165) is 29.7 Å². The first-order valence-electron chi connectivity index (χ1n) is 5.75. The Bertz CT molecular complexity index is 453. The van der Waals surface area contributed by atoms with Gasteiger partial charge in [0.05, 0.1) is 17.4 Å². The molecule has 90 valence electrons. The van der Waals surface area contributed by atoms with E-state index in [1.54, 1.807) is 0 Å². The molecule has 4 heteroatoms. The molecule has 0 aliphatic carbocycles. The predicted octanol–water partition coefficient (Wildman–Crippen LogP) is 2.53. The second-order valence-corrected chi connectivity index (χ2v) is 5.34. The maximum absolute atomic E-state index is 9.60. The highest BCUT2D eigenvalue weighted by Gasteiger charge is 2.27. The second-order valence-electron chi connectivity index (χ2n) is 4.48. The third-order valence-corrected chi connectivity index (χ3v) is 4.01. The zero-order chi connectivity index (χ0) is 12.4. The van der Waals surface area contributed by atoms with Gasteiger partial charge in [0, 0.05) is 23.5 Å². The van der Waals surface area contributed by atoms with Crippen LogP contribution in [0.2, 0.25) is 0 Å². The van der Waals surface area contributed by atoms with Gasteiger partial charge in [0.2, 0.25) is 0 Å². The maximum Gasteiger partial charge on any atom is 0.103 e. The van der Waals surface area contributed by atoms with Gasteiger partial charge < -0.3 is 10.0 Å². The lowest BCUT2D eigenvalue weighted by Crippen LogP contribution is -2.24. The highest BCUT2D eigenvalue weighted by Crippen LogP contribution is 2.31. The zero-order valence-corrected chi connectivity index (χ0v) is 11.3. The van der Waals surface area contributed by atoms with Gasteiger partial charge in [-0.25, -0.2) is 0 Å². The summed E-state index contributed by atoms with van der Waals surface area (Å²) in [6, 6.07) is 8.02. The molecular weight excluding hydrogens is 280 g/mol. The van der Waals surface area contributed by atoms with Crippen LogP contribution in [0, 0.1) is 17.2 Å². The average Bonchev–Trinajstić information content (AvgIpc) is 2.77. The van der Waals surface area contributed by atoms with Gasteiger partial charge in [0.25, 0.3) is 0 Å². The van der Waals surface area contributed by atoms with Crippen LogP contribution in [0.5, 0.6) is 0 Å². The van der Waals surface area contributed by atoms with Crippen LogP contribution in [0.4, 0.5) is 5.69 Å². The first kappa shape index (κ1) is 12.4. The Hall–Kier alpha value is -1.05. The fraction of sp³-hybridized carbons (Fsp3) is 0.462. The minimum atomic E-state index is -0.280. The summed E-state index contributed by atoms with van der Waals surface area (Å²) in [6.45, 7) is 3.56. The van der Waals surface area contributed by atoms with Crippen LogP contribution in [0.1, 0.15) is 18.9 Å². The Morgan fingerprint density at radius 3 is 2.94 bits per heavy atom. The third-order valence-electron chi connectivity index (χ3n) is 3.35. The molecule has 0 bridgehead atoms. The van der Waals surface area contributed by atoms with Gasteiger partial charge in [-0.05, 0) is 41.4 Å². The molecule has 1 aromatic rings. The minimum absolute atomic E-state index is 0.280. The van der Waals surface area contributed by atoms with Crippen LogP contribution in [-0.4, -0.2) is 24.3 Å². The first-order chi connectivity index (χ1) is 8.13. The predicted molar refractivity (Wildman–Crippen MR) is 70.9 cm³/mol. The monoisotopic (exact) mass is 294 g/mol. The summed E-state index contributed by atoms with van der Waals surface area (Å²) in [6.07, 6.45) is 0.701. The number of aliphatic hydroxyl groups excluding tert-OH is 1. The summed E-state index contributed by atoms with van der Waals surface area (Å²) >= 11 is 3.40. The fourth-order valence-electron chi connectivity index (χ4n) is 2.29. The molecule has 2 unspecified atom stereocenters. The van der Waals surface area contributed by atoms with Crippen LogP contribution in [0.3, 0.4) is 0 Å². The van der Waals surface area contributed by atoms with Gasteiger partial charge in [-0.2, -0.15) is 5.26 Å². The summed E-state index contributed by atoms with van der Waals surface area (Å²) < 4.78 is 0.831. The van der Waals surface area contributed by atoms with E-state index in [9.17, 15) is 10.4 Å². The maximum atomic E-state index is 9.60. The van der Waals surface area contributed by atoms with Crippen molar-refractivity contribution in [3.63, 3.8) is 0 Å². The molecule has 0 radical (unpaired) electrons. The lowest BCUT2D eigenvalue weighted by Gasteiger charge is -2.21. The van der Waals surface area contributed by atoms with Gasteiger partial charge in [0.1, 0.15) is 6.07 Å². The number of benzene rings is 1. The van der Waals surface area contributed by atoms with Crippen molar-refractivity contribution in [3.8, 4) is 6.07 Å². The summed E-state index contributed by atoms with van der Waals surface area (Å²) in [5.41, 5.74) is 1.64.